The molecule has 2 saturated heterocycles. The van der Waals surface area contributed by atoms with Crippen LogP contribution in [0.3, 0.4) is 0 Å². The molecule has 160 valence electrons. The molecule has 2 heterocycles. The van der Waals surface area contributed by atoms with Crippen LogP contribution < -0.4 is 10.2 Å². The fourth-order valence-corrected chi connectivity index (χ4v) is 4.41. The van der Waals surface area contributed by atoms with Gasteiger partial charge in [0.25, 0.3) is 0 Å². The van der Waals surface area contributed by atoms with Gasteiger partial charge in [-0.05, 0) is 49.4 Å². The third-order valence-electron chi connectivity index (χ3n) is 6.13. The third-order valence-corrected chi connectivity index (χ3v) is 6.13. The lowest BCUT2D eigenvalue weighted by atomic mass is 10.0. The molecule has 2 aromatic rings. The van der Waals surface area contributed by atoms with Crippen LogP contribution in [-0.2, 0) is 11.3 Å². The summed E-state index contributed by atoms with van der Waals surface area (Å²) in [5.41, 5.74) is 1.96. The number of piperidine rings is 1. The molecule has 2 fully saturated rings. The van der Waals surface area contributed by atoms with E-state index in [9.17, 15) is 9.18 Å². The summed E-state index contributed by atoms with van der Waals surface area (Å²) in [6.45, 7) is 3.70. The van der Waals surface area contributed by atoms with Gasteiger partial charge in [-0.3, -0.25) is 0 Å². The molecule has 0 saturated carbocycles. The first-order chi connectivity index (χ1) is 14.7. The largest absolute Gasteiger partial charge is 0.445 e. The number of ether oxygens (including phenoxy) is 1. The van der Waals surface area contributed by atoms with Crippen LogP contribution in [0, 0.1) is 5.82 Å². The zero-order chi connectivity index (χ0) is 20.8. The number of hydrogen-bond acceptors (Lipinski definition) is 4. The molecule has 1 N–H and O–H groups in total. The van der Waals surface area contributed by atoms with Crippen LogP contribution in [-0.4, -0.2) is 49.3 Å². The quantitative estimate of drug-likeness (QED) is 0.774. The van der Waals surface area contributed by atoms with Gasteiger partial charge in [0.05, 0.1) is 0 Å². The summed E-state index contributed by atoms with van der Waals surface area (Å²) in [7, 11) is 0. The van der Waals surface area contributed by atoms with E-state index in [1.807, 2.05) is 41.3 Å². The Bertz CT molecular complexity index is 824. The molecule has 4 rings (SSSR count). The molecule has 2 aliphatic heterocycles. The number of amides is 1. The van der Waals surface area contributed by atoms with Gasteiger partial charge in [0.2, 0.25) is 0 Å². The Kier molecular flexibility index (Phi) is 6.84. The summed E-state index contributed by atoms with van der Waals surface area (Å²) in [5, 5.41) is 3.66. The Morgan fingerprint density at radius 2 is 1.83 bits per heavy atom. The minimum Gasteiger partial charge on any atom is -0.445 e. The normalized spacial score (nSPS) is 19.8. The summed E-state index contributed by atoms with van der Waals surface area (Å²) in [6, 6.07) is 17.2. The Morgan fingerprint density at radius 3 is 2.60 bits per heavy atom. The second-order valence-electron chi connectivity index (χ2n) is 8.18. The third kappa shape index (κ3) is 5.30. The molecule has 1 atom stereocenters. The molecule has 1 amide bonds. The van der Waals surface area contributed by atoms with E-state index < -0.39 is 0 Å². The van der Waals surface area contributed by atoms with Crippen LogP contribution in [0.4, 0.5) is 14.9 Å². The first-order valence-electron chi connectivity index (χ1n) is 10.9. The first-order valence-corrected chi connectivity index (χ1v) is 10.9. The van der Waals surface area contributed by atoms with Gasteiger partial charge >= 0.3 is 6.09 Å². The number of anilines is 1. The predicted octanol–water partition coefficient (Wildman–Crippen LogP) is 4.19. The zero-order valence-electron chi connectivity index (χ0n) is 17.3. The highest BCUT2D eigenvalue weighted by Crippen LogP contribution is 2.22. The van der Waals surface area contributed by atoms with Crippen molar-refractivity contribution in [1.29, 1.82) is 0 Å². The number of benzene rings is 2. The maximum atomic E-state index is 13.5. The molecule has 0 aliphatic carbocycles. The van der Waals surface area contributed by atoms with Gasteiger partial charge in [0, 0.05) is 44.0 Å². The number of nitrogens with zero attached hydrogens (tertiary/aromatic N) is 2. The Labute approximate surface area is 177 Å². The summed E-state index contributed by atoms with van der Waals surface area (Å²) in [4.78, 5) is 16.7. The molecule has 0 unspecified atom stereocenters. The topological polar surface area (TPSA) is 44.8 Å². The average molecular weight is 412 g/mol. The molecule has 5 nitrogen and oxygen atoms in total. The maximum Gasteiger partial charge on any atom is 0.410 e. The fraction of sp³-hybridized carbons (Fsp3) is 0.458. The monoisotopic (exact) mass is 411 g/mol. The van der Waals surface area contributed by atoms with E-state index in [1.165, 1.54) is 6.07 Å². The molecular formula is C24H30FN3O2. The molecule has 0 bridgehead atoms. The van der Waals surface area contributed by atoms with Crippen LogP contribution in [0.5, 0.6) is 0 Å². The standard InChI is InChI=1S/C24H30FN3O2/c25-20-8-4-9-22(16-20)27-14-11-21(12-15-27)26-17-23-10-5-13-28(23)24(29)30-18-19-6-2-1-3-7-19/h1-4,6-9,16,21,23,26H,5,10-15,17-18H2/t23-/m1/s1. The summed E-state index contributed by atoms with van der Waals surface area (Å²) in [5.74, 6) is -0.187. The van der Waals surface area contributed by atoms with Crippen molar-refractivity contribution < 1.29 is 13.9 Å². The van der Waals surface area contributed by atoms with E-state index in [-0.39, 0.29) is 18.0 Å². The highest BCUT2D eigenvalue weighted by molar-refractivity contribution is 5.68. The van der Waals surface area contributed by atoms with E-state index >= 15 is 0 Å². The molecule has 2 aliphatic rings. The van der Waals surface area contributed by atoms with Gasteiger partial charge in [-0.1, -0.05) is 36.4 Å². The number of halogens is 1. The van der Waals surface area contributed by atoms with E-state index in [0.717, 1.165) is 63.1 Å². The van der Waals surface area contributed by atoms with Crippen molar-refractivity contribution in [2.24, 2.45) is 0 Å². The second kappa shape index (κ2) is 9.94. The maximum absolute atomic E-state index is 13.5. The smallest absolute Gasteiger partial charge is 0.410 e. The minimum absolute atomic E-state index is 0.187. The molecule has 0 spiro atoms. The summed E-state index contributed by atoms with van der Waals surface area (Å²) >= 11 is 0. The highest BCUT2D eigenvalue weighted by Gasteiger charge is 2.30. The molecular weight excluding hydrogens is 381 g/mol. The van der Waals surface area contributed by atoms with E-state index in [1.54, 1.807) is 12.1 Å². The van der Waals surface area contributed by atoms with Gasteiger partial charge in [-0.2, -0.15) is 0 Å². The summed E-state index contributed by atoms with van der Waals surface area (Å²) in [6.07, 6.45) is 3.84. The molecule has 0 aromatic heterocycles. The lowest BCUT2D eigenvalue weighted by Crippen LogP contribution is -2.48. The van der Waals surface area contributed by atoms with Crippen LogP contribution in [0.1, 0.15) is 31.2 Å². The molecule has 0 radical (unpaired) electrons. The van der Waals surface area contributed by atoms with Gasteiger partial charge in [0.15, 0.2) is 0 Å². The van der Waals surface area contributed by atoms with E-state index in [0.29, 0.717) is 12.6 Å². The Balaban J connectivity index is 1.21. The van der Waals surface area contributed by atoms with Crippen molar-refractivity contribution in [1.82, 2.24) is 10.2 Å². The highest BCUT2D eigenvalue weighted by atomic mass is 19.1. The number of carbonyl (C=O) groups excluding carboxylic acids is 1. The number of likely N-dealkylation sites (tertiary alicyclic amines) is 1. The predicted molar refractivity (Wildman–Crippen MR) is 116 cm³/mol. The van der Waals surface area contributed by atoms with Crippen molar-refractivity contribution in [3.63, 3.8) is 0 Å². The van der Waals surface area contributed by atoms with Gasteiger partial charge < -0.3 is 19.9 Å². The van der Waals surface area contributed by atoms with Crippen LogP contribution in [0.2, 0.25) is 0 Å². The molecule has 30 heavy (non-hydrogen) atoms. The van der Waals surface area contributed by atoms with Gasteiger partial charge in [0.1, 0.15) is 12.4 Å². The first kappa shape index (κ1) is 20.7. The Morgan fingerprint density at radius 1 is 1.03 bits per heavy atom. The molecule has 2 aromatic carbocycles. The number of nitrogens with one attached hydrogen (secondary N) is 1. The lowest BCUT2D eigenvalue weighted by molar-refractivity contribution is 0.0913. The van der Waals surface area contributed by atoms with Crippen LogP contribution in [0.15, 0.2) is 54.6 Å². The number of carbonyl (C=O) groups is 1. The lowest BCUT2D eigenvalue weighted by Gasteiger charge is -2.35. The molecule has 6 heteroatoms. The fourth-order valence-electron chi connectivity index (χ4n) is 4.41. The van der Waals surface area contributed by atoms with Gasteiger partial charge in [-0.15, -0.1) is 0 Å². The van der Waals surface area contributed by atoms with Crippen LogP contribution >= 0.6 is 0 Å². The van der Waals surface area contributed by atoms with Gasteiger partial charge in [-0.25, -0.2) is 9.18 Å². The van der Waals surface area contributed by atoms with Crippen molar-refractivity contribution in [2.75, 3.05) is 31.1 Å². The number of hydrogen-bond donors (Lipinski definition) is 1. The SMILES string of the molecule is O=C(OCc1ccccc1)N1CCC[C@@H]1CNC1CCN(c2cccc(F)c2)CC1. The van der Waals surface area contributed by atoms with Crippen molar-refractivity contribution >= 4 is 11.8 Å². The average Bonchev–Trinajstić information content (AvgIpc) is 3.26. The summed E-state index contributed by atoms with van der Waals surface area (Å²) < 4.78 is 19.0. The van der Waals surface area contributed by atoms with Crippen molar-refractivity contribution in [3.05, 3.63) is 66.0 Å². The van der Waals surface area contributed by atoms with Crippen LogP contribution in [0.25, 0.3) is 0 Å². The second-order valence-corrected chi connectivity index (χ2v) is 8.18. The zero-order valence-corrected chi connectivity index (χ0v) is 17.3. The van der Waals surface area contributed by atoms with Crippen molar-refractivity contribution in [3.8, 4) is 0 Å². The van der Waals surface area contributed by atoms with Crippen molar-refractivity contribution in [2.45, 2.75) is 44.4 Å². The van der Waals surface area contributed by atoms with E-state index in [2.05, 4.69) is 10.2 Å². The van der Waals surface area contributed by atoms with E-state index in [4.69, 9.17) is 4.74 Å². The Hall–Kier alpha value is -2.60. The number of rotatable bonds is 6. The minimum atomic E-state index is -0.218.